The predicted molar refractivity (Wildman–Crippen MR) is 105 cm³/mol. The molecule has 1 saturated heterocycles. The fraction of sp³-hybridized carbons (Fsp3) is 0.350. The van der Waals surface area contributed by atoms with Crippen LogP contribution in [0.25, 0.3) is 0 Å². The molecule has 3 rings (SSSR count). The number of aliphatic hydroxyl groups excluding tert-OH is 2. The summed E-state index contributed by atoms with van der Waals surface area (Å²) in [5.41, 5.74) is 1.93. The minimum absolute atomic E-state index is 0.00510. The van der Waals surface area contributed by atoms with Gasteiger partial charge in [0.2, 0.25) is 0 Å². The predicted octanol–water partition coefficient (Wildman–Crippen LogP) is 1.39. The Morgan fingerprint density at radius 2 is 1.79 bits per heavy atom. The highest BCUT2D eigenvalue weighted by molar-refractivity contribution is 7.86. The SMILES string of the molecule is Cc1ccc(S(=O)(=O)OC[C@H]2OC/C(=N/OCc3ccccc3)[C@@H](O)[C@@H]2O)cc1. The molecule has 1 fully saturated rings. The zero-order valence-corrected chi connectivity index (χ0v) is 16.7. The van der Waals surface area contributed by atoms with Crippen molar-refractivity contribution >= 4 is 15.8 Å². The molecule has 1 heterocycles. The van der Waals surface area contributed by atoms with E-state index in [1.807, 2.05) is 37.3 Å². The number of hydrogen-bond acceptors (Lipinski definition) is 8. The lowest BCUT2D eigenvalue weighted by Gasteiger charge is -2.32. The van der Waals surface area contributed by atoms with Gasteiger partial charge in [0.1, 0.15) is 30.6 Å². The molecule has 1 aliphatic heterocycles. The van der Waals surface area contributed by atoms with Gasteiger partial charge in [0, 0.05) is 0 Å². The summed E-state index contributed by atoms with van der Waals surface area (Å²) < 4.78 is 34.9. The van der Waals surface area contributed by atoms with Crippen molar-refractivity contribution in [1.82, 2.24) is 0 Å². The highest BCUT2D eigenvalue weighted by Gasteiger charge is 2.37. The van der Waals surface area contributed by atoms with E-state index in [0.29, 0.717) is 0 Å². The van der Waals surface area contributed by atoms with Crippen LogP contribution in [0.4, 0.5) is 0 Å². The van der Waals surface area contributed by atoms with Crippen molar-refractivity contribution in [2.24, 2.45) is 5.16 Å². The lowest BCUT2D eigenvalue weighted by Crippen LogP contribution is -2.52. The Hall–Kier alpha value is -2.30. The van der Waals surface area contributed by atoms with Gasteiger partial charge >= 0.3 is 0 Å². The molecule has 0 aromatic heterocycles. The zero-order valence-electron chi connectivity index (χ0n) is 15.8. The van der Waals surface area contributed by atoms with Gasteiger partial charge in [-0.2, -0.15) is 8.42 Å². The largest absolute Gasteiger partial charge is 0.391 e. The molecule has 9 heteroatoms. The van der Waals surface area contributed by atoms with Crippen molar-refractivity contribution in [2.45, 2.75) is 36.7 Å². The van der Waals surface area contributed by atoms with Gasteiger partial charge in [-0.3, -0.25) is 4.18 Å². The minimum Gasteiger partial charge on any atom is -0.391 e. The standard InChI is InChI=1S/C20H23NO7S/c1-14-7-9-16(10-8-14)29(24,25)28-13-18-20(23)19(22)17(12-26-18)21-27-11-15-5-3-2-4-6-15/h2-10,18-20,22-23H,11-13H2,1H3/b21-17-/t18-,19-,20-/m1/s1. The molecule has 8 nitrogen and oxygen atoms in total. The Labute approximate surface area is 169 Å². The molecule has 2 aromatic carbocycles. The topological polar surface area (TPSA) is 115 Å². The smallest absolute Gasteiger partial charge is 0.297 e. The maximum Gasteiger partial charge on any atom is 0.297 e. The van der Waals surface area contributed by atoms with Crippen LogP contribution in [0.3, 0.4) is 0 Å². The van der Waals surface area contributed by atoms with Crippen LogP contribution in [0.1, 0.15) is 11.1 Å². The second-order valence-corrected chi connectivity index (χ2v) is 8.29. The van der Waals surface area contributed by atoms with Crippen LogP contribution in [-0.2, 0) is 30.5 Å². The Balaban J connectivity index is 1.54. The molecule has 3 atom stereocenters. The molecule has 2 N–H and O–H groups in total. The normalized spacial score (nSPS) is 23.8. The quantitative estimate of drug-likeness (QED) is 0.513. The van der Waals surface area contributed by atoms with Gasteiger partial charge in [-0.1, -0.05) is 53.2 Å². The summed E-state index contributed by atoms with van der Waals surface area (Å²) in [6, 6.07) is 15.5. The Bertz CT molecular complexity index is 929. The summed E-state index contributed by atoms with van der Waals surface area (Å²) in [5, 5.41) is 24.3. The van der Waals surface area contributed by atoms with Crippen molar-refractivity contribution in [3.05, 3.63) is 65.7 Å². The lowest BCUT2D eigenvalue weighted by atomic mass is 10.0. The molecule has 0 amide bonds. The van der Waals surface area contributed by atoms with Crippen molar-refractivity contribution in [1.29, 1.82) is 0 Å². The van der Waals surface area contributed by atoms with E-state index in [-0.39, 0.29) is 23.8 Å². The molecule has 0 radical (unpaired) electrons. The van der Waals surface area contributed by atoms with Crippen molar-refractivity contribution in [2.75, 3.05) is 13.2 Å². The maximum atomic E-state index is 12.2. The van der Waals surface area contributed by atoms with Gasteiger partial charge in [0.05, 0.1) is 18.1 Å². The number of benzene rings is 2. The summed E-state index contributed by atoms with van der Waals surface area (Å²) in [7, 11) is -4.00. The van der Waals surface area contributed by atoms with Gasteiger partial charge in [0.25, 0.3) is 10.1 Å². The van der Waals surface area contributed by atoms with E-state index in [4.69, 9.17) is 13.8 Å². The fourth-order valence-corrected chi connectivity index (χ4v) is 3.62. The molecular weight excluding hydrogens is 398 g/mol. The van der Waals surface area contributed by atoms with E-state index in [1.54, 1.807) is 12.1 Å². The monoisotopic (exact) mass is 421 g/mol. The second kappa shape index (κ2) is 9.47. The minimum atomic E-state index is -4.00. The number of hydrogen-bond donors (Lipinski definition) is 2. The van der Waals surface area contributed by atoms with E-state index >= 15 is 0 Å². The summed E-state index contributed by atoms with van der Waals surface area (Å²) in [6.07, 6.45) is -3.79. The van der Waals surface area contributed by atoms with Crippen LogP contribution >= 0.6 is 0 Å². The van der Waals surface area contributed by atoms with Crippen LogP contribution in [0.5, 0.6) is 0 Å². The van der Waals surface area contributed by atoms with Gasteiger partial charge < -0.3 is 19.8 Å². The molecule has 0 bridgehead atoms. The molecule has 0 saturated carbocycles. The Kier molecular flexibility index (Phi) is 6.99. The van der Waals surface area contributed by atoms with Crippen LogP contribution in [-0.4, -0.2) is 55.9 Å². The van der Waals surface area contributed by atoms with E-state index < -0.39 is 35.0 Å². The molecular formula is C20H23NO7S. The van der Waals surface area contributed by atoms with Crippen LogP contribution < -0.4 is 0 Å². The molecule has 0 aliphatic carbocycles. The first kappa shape index (κ1) is 21.4. The van der Waals surface area contributed by atoms with Crippen LogP contribution in [0.15, 0.2) is 64.6 Å². The summed E-state index contributed by atoms with van der Waals surface area (Å²) in [5.74, 6) is 0. The van der Waals surface area contributed by atoms with Gasteiger partial charge in [-0.15, -0.1) is 0 Å². The number of aliphatic hydroxyl groups is 2. The van der Waals surface area contributed by atoms with Gasteiger partial charge in [-0.25, -0.2) is 0 Å². The highest BCUT2D eigenvalue weighted by Crippen LogP contribution is 2.18. The lowest BCUT2D eigenvalue weighted by molar-refractivity contribution is -0.0989. The molecule has 1 aliphatic rings. The van der Waals surface area contributed by atoms with Gasteiger partial charge in [0.15, 0.2) is 0 Å². The van der Waals surface area contributed by atoms with Crippen LogP contribution in [0, 0.1) is 6.92 Å². The highest BCUT2D eigenvalue weighted by atomic mass is 32.2. The Morgan fingerprint density at radius 3 is 2.48 bits per heavy atom. The first-order valence-electron chi connectivity index (χ1n) is 9.03. The van der Waals surface area contributed by atoms with E-state index in [9.17, 15) is 18.6 Å². The number of oxime groups is 1. The third-order valence-corrected chi connectivity index (χ3v) is 5.74. The number of rotatable bonds is 7. The fourth-order valence-electron chi connectivity index (χ4n) is 2.70. The maximum absolute atomic E-state index is 12.2. The number of nitrogens with zero attached hydrogens (tertiary/aromatic N) is 1. The summed E-state index contributed by atoms with van der Waals surface area (Å²) in [4.78, 5) is 5.21. The van der Waals surface area contributed by atoms with Crippen LogP contribution in [0.2, 0.25) is 0 Å². The van der Waals surface area contributed by atoms with Gasteiger partial charge in [-0.05, 0) is 24.6 Å². The number of ether oxygens (including phenoxy) is 1. The van der Waals surface area contributed by atoms with E-state index in [0.717, 1.165) is 11.1 Å². The Morgan fingerprint density at radius 1 is 1.10 bits per heavy atom. The molecule has 0 spiro atoms. The average Bonchev–Trinajstić information content (AvgIpc) is 2.71. The first-order chi connectivity index (χ1) is 13.9. The molecule has 156 valence electrons. The van der Waals surface area contributed by atoms with Crippen molar-refractivity contribution in [3.8, 4) is 0 Å². The zero-order chi connectivity index (χ0) is 20.9. The van der Waals surface area contributed by atoms with Crippen molar-refractivity contribution in [3.63, 3.8) is 0 Å². The molecule has 2 aromatic rings. The first-order valence-corrected chi connectivity index (χ1v) is 10.4. The average molecular weight is 421 g/mol. The molecule has 29 heavy (non-hydrogen) atoms. The second-order valence-electron chi connectivity index (χ2n) is 6.68. The summed E-state index contributed by atoms with van der Waals surface area (Å²) >= 11 is 0. The van der Waals surface area contributed by atoms with E-state index in [2.05, 4.69) is 5.16 Å². The third kappa shape index (κ3) is 5.62. The summed E-state index contributed by atoms with van der Waals surface area (Å²) in [6.45, 7) is 1.49. The van der Waals surface area contributed by atoms with E-state index in [1.165, 1.54) is 12.1 Å². The number of aryl methyl sites for hydroxylation is 1. The third-order valence-electron chi connectivity index (χ3n) is 4.44. The van der Waals surface area contributed by atoms with Crippen molar-refractivity contribution < 1.29 is 32.4 Å². The molecule has 0 unspecified atom stereocenters.